The summed E-state index contributed by atoms with van der Waals surface area (Å²) >= 11 is 2.18. The first-order chi connectivity index (χ1) is 6.22. The summed E-state index contributed by atoms with van der Waals surface area (Å²) < 4.78 is 6.39. The predicted octanol–water partition coefficient (Wildman–Crippen LogP) is 3.16. The van der Waals surface area contributed by atoms with Gasteiger partial charge in [-0.05, 0) is 48.1 Å². The molecular weight excluding hydrogens is 277 g/mol. The lowest BCUT2D eigenvalue weighted by atomic mass is 10.2. The highest BCUT2D eigenvalue weighted by Gasteiger charge is 2.02. The second kappa shape index (κ2) is 5.65. The Kier molecular flexibility index (Phi) is 4.80. The Morgan fingerprint density at radius 2 is 2.31 bits per heavy atom. The second-order valence-electron chi connectivity index (χ2n) is 3.28. The molecule has 0 bridgehead atoms. The summed E-state index contributed by atoms with van der Waals surface area (Å²) in [6.07, 6.45) is 2.45. The van der Waals surface area contributed by atoms with Gasteiger partial charge in [0, 0.05) is 6.04 Å². The smallest absolute Gasteiger partial charge is 0.164 e. The number of nitrogens with one attached hydrogen (secondary N) is 1. The van der Waals surface area contributed by atoms with Gasteiger partial charge in [0.2, 0.25) is 0 Å². The predicted molar refractivity (Wildman–Crippen MR) is 62.6 cm³/mol. The van der Waals surface area contributed by atoms with Crippen LogP contribution in [0.25, 0.3) is 0 Å². The molecule has 0 aliphatic carbocycles. The van der Waals surface area contributed by atoms with Crippen molar-refractivity contribution in [3.8, 4) is 0 Å². The highest BCUT2D eigenvalue weighted by Crippen LogP contribution is 2.10. The van der Waals surface area contributed by atoms with Crippen LogP contribution in [0.4, 0.5) is 0 Å². The van der Waals surface area contributed by atoms with Crippen LogP contribution in [0.15, 0.2) is 16.5 Å². The number of hydrogen-bond acceptors (Lipinski definition) is 2. The van der Waals surface area contributed by atoms with Gasteiger partial charge in [-0.25, -0.2) is 0 Å². The Hall–Kier alpha value is -0.0300. The molecule has 0 aliphatic rings. The van der Waals surface area contributed by atoms with E-state index in [1.165, 1.54) is 12.8 Å². The number of rotatable bonds is 5. The summed E-state index contributed by atoms with van der Waals surface area (Å²) in [4.78, 5) is 0. The summed E-state index contributed by atoms with van der Waals surface area (Å²) in [6.45, 7) is 5.25. The summed E-state index contributed by atoms with van der Waals surface area (Å²) in [7, 11) is 0. The standard InChI is InChI=1S/C10H16INO/c1-3-4-8(2)12-7-9-5-6-10(11)13-9/h5-6,8,12H,3-4,7H2,1-2H3. The van der Waals surface area contributed by atoms with Gasteiger partial charge in [-0.2, -0.15) is 0 Å². The van der Waals surface area contributed by atoms with Gasteiger partial charge in [-0.1, -0.05) is 13.3 Å². The minimum atomic E-state index is 0.577. The highest BCUT2D eigenvalue weighted by molar-refractivity contribution is 14.1. The van der Waals surface area contributed by atoms with Gasteiger partial charge >= 0.3 is 0 Å². The van der Waals surface area contributed by atoms with E-state index < -0.39 is 0 Å². The van der Waals surface area contributed by atoms with Crippen molar-refractivity contribution in [2.24, 2.45) is 0 Å². The molecule has 13 heavy (non-hydrogen) atoms. The molecule has 1 aromatic rings. The molecule has 1 atom stereocenters. The van der Waals surface area contributed by atoms with E-state index in [1.807, 2.05) is 12.1 Å². The molecule has 1 N–H and O–H groups in total. The van der Waals surface area contributed by atoms with E-state index in [0.717, 1.165) is 16.1 Å². The number of halogens is 1. The topological polar surface area (TPSA) is 25.2 Å². The van der Waals surface area contributed by atoms with Crippen LogP contribution in [0.3, 0.4) is 0 Å². The molecule has 2 nitrogen and oxygen atoms in total. The molecule has 0 fully saturated rings. The van der Waals surface area contributed by atoms with E-state index in [-0.39, 0.29) is 0 Å². The maximum absolute atomic E-state index is 5.44. The van der Waals surface area contributed by atoms with Crippen molar-refractivity contribution < 1.29 is 4.42 Å². The molecule has 0 amide bonds. The molecule has 0 saturated carbocycles. The van der Waals surface area contributed by atoms with Gasteiger partial charge in [0.1, 0.15) is 5.76 Å². The second-order valence-corrected chi connectivity index (χ2v) is 4.34. The molecule has 0 spiro atoms. The Morgan fingerprint density at radius 3 is 2.85 bits per heavy atom. The number of furan rings is 1. The summed E-state index contributed by atoms with van der Waals surface area (Å²) in [5.41, 5.74) is 0. The molecule has 0 saturated heterocycles. The van der Waals surface area contributed by atoms with Crippen molar-refractivity contribution in [2.45, 2.75) is 39.3 Å². The lowest BCUT2D eigenvalue weighted by molar-refractivity contribution is 0.430. The molecule has 3 heteroatoms. The van der Waals surface area contributed by atoms with E-state index in [1.54, 1.807) is 0 Å². The Morgan fingerprint density at radius 1 is 1.54 bits per heavy atom. The number of hydrogen-bond donors (Lipinski definition) is 1. The third-order valence-electron chi connectivity index (χ3n) is 1.98. The maximum Gasteiger partial charge on any atom is 0.164 e. The third-order valence-corrected chi connectivity index (χ3v) is 2.56. The summed E-state index contributed by atoms with van der Waals surface area (Å²) in [5, 5.41) is 3.42. The van der Waals surface area contributed by atoms with Crippen LogP contribution >= 0.6 is 22.6 Å². The zero-order valence-electron chi connectivity index (χ0n) is 8.14. The molecule has 1 aromatic heterocycles. The van der Waals surface area contributed by atoms with Gasteiger partial charge in [0.05, 0.1) is 6.54 Å². The van der Waals surface area contributed by atoms with Gasteiger partial charge in [0.15, 0.2) is 3.77 Å². The van der Waals surface area contributed by atoms with Crippen LogP contribution in [-0.4, -0.2) is 6.04 Å². The Bertz CT molecular complexity index is 247. The fourth-order valence-electron chi connectivity index (χ4n) is 1.26. The molecule has 1 rings (SSSR count). The van der Waals surface area contributed by atoms with Crippen LogP contribution in [0.1, 0.15) is 32.4 Å². The first kappa shape index (κ1) is 11.0. The minimum Gasteiger partial charge on any atom is -0.454 e. The summed E-state index contributed by atoms with van der Waals surface area (Å²) in [6, 6.07) is 4.59. The Labute approximate surface area is 93.2 Å². The fraction of sp³-hybridized carbons (Fsp3) is 0.600. The van der Waals surface area contributed by atoms with Gasteiger partial charge in [-0.15, -0.1) is 0 Å². The van der Waals surface area contributed by atoms with Crippen molar-refractivity contribution in [3.63, 3.8) is 0 Å². The average Bonchev–Trinajstić information content (AvgIpc) is 2.49. The Balaban J connectivity index is 2.26. The monoisotopic (exact) mass is 293 g/mol. The fourth-order valence-corrected chi connectivity index (χ4v) is 1.72. The molecule has 0 aromatic carbocycles. The zero-order valence-corrected chi connectivity index (χ0v) is 10.3. The molecule has 0 radical (unpaired) electrons. The van der Waals surface area contributed by atoms with Gasteiger partial charge in [0.25, 0.3) is 0 Å². The van der Waals surface area contributed by atoms with Crippen molar-refractivity contribution in [2.75, 3.05) is 0 Å². The normalized spacial score (nSPS) is 13.2. The largest absolute Gasteiger partial charge is 0.454 e. The quantitative estimate of drug-likeness (QED) is 0.844. The maximum atomic E-state index is 5.44. The molecule has 1 unspecified atom stereocenters. The van der Waals surface area contributed by atoms with Crippen LogP contribution < -0.4 is 5.32 Å². The minimum absolute atomic E-state index is 0.577. The molecule has 0 aliphatic heterocycles. The van der Waals surface area contributed by atoms with Crippen molar-refractivity contribution in [3.05, 3.63) is 21.7 Å². The van der Waals surface area contributed by atoms with E-state index in [2.05, 4.69) is 41.8 Å². The van der Waals surface area contributed by atoms with Crippen molar-refractivity contribution in [1.29, 1.82) is 0 Å². The lowest BCUT2D eigenvalue weighted by Gasteiger charge is -2.10. The van der Waals surface area contributed by atoms with E-state index in [0.29, 0.717) is 6.04 Å². The van der Waals surface area contributed by atoms with Gasteiger partial charge in [-0.3, -0.25) is 0 Å². The summed E-state index contributed by atoms with van der Waals surface area (Å²) in [5.74, 6) is 1.02. The SMILES string of the molecule is CCCC(C)NCc1ccc(I)o1. The average molecular weight is 293 g/mol. The van der Waals surface area contributed by atoms with Crippen LogP contribution in [0.5, 0.6) is 0 Å². The van der Waals surface area contributed by atoms with E-state index in [4.69, 9.17) is 4.42 Å². The van der Waals surface area contributed by atoms with Crippen LogP contribution in [0, 0.1) is 3.77 Å². The third kappa shape index (κ3) is 4.13. The molecule has 74 valence electrons. The van der Waals surface area contributed by atoms with Gasteiger partial charge < -0.3 is 9.73 Å². The van der Waals surface area contributed by atoms with Crippen molar-refractivity contribution in [1.82, 2.24) is 5.32 Å². The zero-order chi connectivity index (χ0) is 9.68. The first-order valence-electron chi connectivity index (χ1n) is 4.70. The van der Waals surface area contributed by atoms with E-state index in [9.17, 15) is 0 Å². The van der Waals surface area contributed by atoms with Crippen molar-refractivity contribution >= 4 is 22.6 Å². The highest BCUT2D eigenvalue weighted by atomic mass is 127. The van der Waals surface area contributed by atoms with E-state index >= 15 is 0 Å². The first-order valence-corrected chi connectivity index (χ1v) is 5.78. The van der Waals surface area contributed by atoms with Crippen LogP contribution in [-0.2, 0) is 6.54 Å². The lowest BCUT2D eigenvalue weighted by Crippen LogP contribution is -2.24. The van der Waals surface area contributed by atoms with Crippen LogP contribution in [0.2, 0.25) is 0 Å². The molecular formula is C10H16INO. The molecule has 1 heterocycles.